The largest absolute Gasteiger partial charge is 0.417 e. The Morgan fingerprint density at radius 3 is 2.21 bits per heavy atom. The summed E-state index contributed by atoms with van der Waals surface area (Å²) in [5.74, 6) is -0.958. The molecular weight excluding hydrogens is 395 g/mol. The van der Waals surface area contributed by atoms with Crippen LogP contribution in [0.4, 0.5) is 19.0 Å². The first-order valence-electron chi connectivity index (χ1n) is 8.55. The van der Waals surface area contributed by atoms with E-state index in [-0.39, 0.29) is 23.9 Å². The molecule has 0 N–H and O–H groups in total. The molecule has 1 aromatic heterocycles. The van der Waals surface area contributed by atoms with Gasteiger partial charge in [-0.25, -0.2) is 4.98 Å². The number of anilines is 1. The summed E-state index contributed by atoms with van der Waals surface area (Å²) in [6, 6.07) is 7.57. The SMILES string of the molecule is Cc1ccc(C(=O)C(=O)N2CCN(c3ncc(C(F)(F)F)cc3Cl)CC2)cc1. The van der Waals surface area contributed by atoms with Gasteiger partial charge in [-0.1, -0.05) is 41.4 Å². The maximum atomic E-state index is 12.7. The summed E-state index contributed by atoms with van der Waals surface area (Å²) in [6.07, 6.45) is -3.78. The van der Waals surface area contributed by atoms with Crippen molar-refractivity contribution in [1.82, 2.24) is 9.88 Å². The molecule has 0 bridgehead atoms. The van der Waals surface area contributed by atoms with Crippen LogP contribution in [0.3, 0.4) is 0 Å². The number of alkyl halides is 3. The zero-order valence-corrected chi connectivity index (χ0v) is 15.7. The van der Waals surface area contributed by atoms with Crippen molar-refractivity contribution in [2.75, 3.05) is 31.1 Å². The van der Waals surface area contributed by atoms with E-state index in [1.165, 1.54) is 4.90 Å². The van der Waals surface area contributed by atoms with Crippen molar-refractivity contribution in [2.45, 2.75) is 13.1 Å². The number of hydrogen-bond acceptors (Lipinski definition) is 4. The number of carbonyl (C=O) groups is 2. The zero-order valence-electron chi connectivity index (χ0n) is 15.0. The Labute approximate surface area is 164 Å². The van der Waals surface area contributed by atoms with Gasteiger partial charge in [-0.15, -0.1) is 0 Å². The van der Waals surface area contributed by atoms with Crippen LogP contribution in [-0.4, -0.2) is 47.8 Å². The third kappa shape index (κ3) is 4.27. The van der Waals surface area contributed by atoms with Crippen LogP contribution in [-0.2, 0) is 11.0 Å². The number of rotatable bonds is 3. The number of piperazine rings is 1. The van der Waals surface area contributed by atoms with Gasteiger partial charge in [0.25, 0.3) is 5.91 Å². The van der Waals surface area contributed by atoms with E-state index in [4.69, 9.17) is 11.6 Å². The number of pyridine rings is 1. The van der Waals surface area contributed by atoms with Crippen LogP contribution < -0.4 is 4.90 Å². The minimum atomic E-state index is -4.52. The molecule has 0 spiro atoms. The van der Waals surface area contributed by atoms with Gasteiger partial charge in [0.1, 0.15) is 5.82 Å². The first-order chi connectivity index (χ1) is 13.2. The summed E-state index contributed by atoms with van der Waals surface area (Å²) in [6.45, 7) is 3.00. The molecule has 0 unspecified atom stereocenters. The molecule has 2 heterocycles. The summed E-state index contributed by atoms with van der Waals surface area (Å²) >= 11 is 5.97. The van der Waals surface area contributed by atoms with Crippen molar-refractivity contribution in [3.05, 3.63) is 58.2 Å². The molecule has 2 aromatic rings. The Hall–Kier alpha value is -2.61. The Kier molecular flexibility index (Phi) is 5.60. The number of nitrogens with zero attached hydrogens (tertiary/aromatic N) is 3. The summed E-state index contributed by atoms with van der Waals surface area (Å²) < 4.78 is 38.2. The van der Waals surface area contributed by atoms with Crippen LogP contribution in [0.2, 0.25) is 5.02 Å². The number of halogens is 4. The molecule has 3 rings (SSSR count). The predicted molar refractivity (Wildman–Crippen MR) is 98.6 cm³/mol. The lowest BCUT2D eigenvalue weighted by Crippen LogP contribution is -2.51. The molecule has 1 amide bonds. The highest BCUT2D eigenvalue weighted by Crippen LogP contribution is 2.33. The molecular formula is C19H17ClF3N3O2. The second kappa shape index (κ2) is 7.79. The number of benzene rings is 1. The summed E-state index contributed by atoms with van der Waals surface area (Å²) in [4.78, 5) is 31.7. The van der Waals surface area contributed by atoms with Gasteiger partial charge in [0.05, 0.1) is 10.6 Å². The lowest BCUT2D eigenvalue weighted by molar-refractivity contribution is -0.137. The van der Waals surface area contributed by atoms with Gasteiger partial charge in [0, 0.05) is 37.9 Å². The van der Waals surface area contributed by atoms with Crippen LogP contribution in [0.5, 0.6) is 0 Å². The van der Waals surface area contributed by atoms with Crippen LogP contribution in [0, 0.1) is 6.92 Å². The molecule has 1 aliphatic heterocycles. The molecule has 9 heteroatoms. The molecule has 0 aliphatic carbocycles. The van der Waals surface area contributed by atoms with E-state index in [2.05, 4.69) is 4.98 Å². The van der Waals surface area contributed by atoms with Gasteiger partial charge in [-0.3, -0.25) is 9.59 Å². The predicted octanol–water partition coefficient (Wildman–Crippen LogP) is 3.59. The number of Topliss-reactive ketones (excluding diaryl/α,β-unsaturated/α-hetero) is 1. The molecule has 0 atom stereocenters. The molecule has 1 aromatic carbocycles. The van der Waals surface area contributed by atoms with Gasteiger partial charge in [0.2, 0.25) is 5.78 Å². The normalized spacial score (nSPS) is 14.9. The molecule has 5 nitrogen and oxygen atoms in total. The van der Waals surface area contributed by atoms with E-state index in [0.29, 0.717) is 18.7 Å². The van der Waals surface area contributed by atoms with E-state index in [1.807, 2.05) is 6.92 Å². The van der Waals surface area contributed by atoms with Crippen molar-refractivity contribution < 1.29 is 22.8 Å². The monoisotopic (exact) mass is 411 g/mol. The first kappa shape index (κ1) is 20.1. The minimum Gasteiger partial charge on any atom is -0.352 e. The number of ketones is 1. The van der Waals surface area contributed by atoms with E-state index in [1.54, 1.807) is 29.2 Å². The van der Waals surface area contributed by atoms with E-state index >= 15 is 0 Å². The summed E-state index contributed by atoms with van der Waals surface area (Å²) in [5.41, 5.74) is 0.391. The zero-order chi connectivity index (χ0) is 20.5. The van der Waals surface area contributed by atoms with Gasteiger partial charge in [-0.05, 0) is 13.0 Å². The Balaban J connectivity index is 1.65. The molecule has 148 valence electrons. The second-order valence-corrected chi connectivity index (χ2v) is 6.91. The first-order valence-corrected chi connectivity index (χ1v) is 8.92. The van der Waals surface area contributed by atoms with Crippen LogP contribution in [0.1, 0.15) is 21.5 Å². The van der Waals surface area contributed by atoms with Gasteiger partial charge in [0.15, 0.2) is 0 Å². The third-order valence-electron chi connectivity index (χ3n) is 4.52. The summed E-state index contributed by atoms with van der Waals surface area (Å²) in [5, 5.41) is -0.106. The fraction of sp³-hybridized carbons (Fsp3) is 0.316. The quantitative estimate of drug-likeness (QED) is 0.572. The van der Waals surface area contributed by atoms with Gasteiger partial charge in [-0.2, -0.15) is 13.2 Å². The molecule has 1 fully saturated rings. The van der Waals surface area contributed by atoms with Crippen LogP contribution >= 0.6 is 11.6 Å². The number of aryl methyl sites for hydroxylation is 1. The van der Waals surface area contributed by atoms with Crippen molar-refractivity contribution in [1.29, 1.82) is 0 Å². The lowest BCUT2D eigenvalue weighted by atomic mass is 10.1. The van der Waals surface area contributed by atoms with E-state index in [9.17, 15) is 22.8 Å². The average molecular weight is 412 g/mol. The second-order valence-electron chi connectivity index (χ2n) is 6.50. The molecule has 1 aliphatic rings. The third-order valence-corrected chi connectivity index (χ3v) is 4.80. The van der Waals surface area contributed by atoms with Crippen LogP contribution in [0.25, 0.3) is 0 Å². The Morgan fingerprint density at radius 2 is 1.68 bits per heavy atom. The Bertz CT molecular complexity index is 892. The minimum absolute atomic E-state index is 0.106. The Morgan fingerprint density at radius 1 is 1.07 bits per heavy atom. The standard InChI is InChI=1S/C19H17ClF3N3O2/c1-12-2-4-13(5-3-12)16(27)18(28)26-8-6-25(7-9-26)17-15(20)10-14(11-24-17)19(21,22)23/h2-5,10-11H,6-9H2,1H3. The van der Waals surface area contributed by atoms with Crippen molar-refractivity contribution >= 4 is 29.1 Å². The van der Waals surface area contributed by atoms with Crippen LogP contribution in [0.15, 0.2) is 36.5 Å². The number of carbonyl (C=O) groups excluding carboxylic acids is 2. The van der Waals surface area contributed by atoms with E-state index < -0.39 is 23.4 Å². The summed E-state index contributed by atoms with van der Waals surface area (Å²) in [7, 11) is 0. The van der Waals surface area contributed by atoms with E-state index in [0.717, 1.165) is 17.8 Å². The smallest absolute Gasteiger partial charge is 0.352 e. The van der Waals surface area contributed by atoms with Crippen molar-refractivity contribution in [3.8, 4) is 0 Å². The fourth-order valence-electron chi connectivity index (χ4n) is 2.91. The maximum Gasteiger partial charge on any atom is 0.417 e. The molecule has 28 heavy (non-hydrogen) atoms. The topological polar surface area (TPSA) is 53.5 Å². The highest BCUT2D eigenvalue weighted by Gasteiger charge is 2.33. The molecule has 0 saturated carbocycles. The highest BCUT2D eigenvalue weighted by atomic mass is 35.5. The highest BCUT2D eigenvalue weighted by molar-refractivity contribution is 6.42. The lowest BCUT2D eigenvalue weighted by Gasteiger charge is -2.35. The van der Waals surface area contributed by atoms with Gasteiger partial charge < -0.3 is 9.80 Å². The molecule has 1 saturated heterocycles. The maximum absolute atomic E-state index is 12.7. The van der Waals surface area contributed by atoms with Crippen molar-refractivity contribution in [3.63, 3.8) is 0 Å². The number of hydrogen-bond donors (Lipinski definition) is 0. The van der Waals surface area contributed by atoms with Crippen molar-refractivity contribution in [2.24, 2.45) is 0 Å². The number of amides is 1. The van der Waals surface area contributed by atoms with Gasteiger partial charge >= 0.3 is 6.18 Å². The number of aromatic nitrogens is 1. The average Bonchev–Trinajstić information content (AvgIpc) is 2.67. The molecule has 0 radical (unpaired) electrons. The fourth-order valence-corrected chi connectivity index (χ4v) is 3.20.